The summed E-state index contributed by atoms with van der Waals surface area (Å²) >= 11 is 0. The van der Waals surface area contributed by atoms with Gasteiger partial charge in [0.1, 0.15) is 0 Å². The molecule has 0 atom stereocenters. The van der Waals surface area contributed by atoms with Gasteiger partial charge in [0.2, 0.25) is 0 Å². The largest absolute Gasteiger partial charge is 0.494 e. The lowest BCUT2D eigenvalue weighted by Crippen LogP contribution is -2.28. The number of ether oxygens (including phenoxy) is 1. The summed E-state index contributed by atoms with van der Waals surface area (Å²) in [7, 11) is 1.48. The van der Waals surface area contributed by atoms with E-state index in [-0.39, 0.29) is 5.82 Å². The highest BCUT2D eigenvalue weighted by Gasteiger charge is 2.20. The van der Waals surface area contributed by atoms with Crippen LogP contribution >= 0.6 is 0 Å². The van der Waals surface area contributed by atoms with Crippen LogP contribution in [-0.4, -0.2) is 13.2 Å². The Labute approximate surface area is 118 Å². The third kappa shape index (κ3) is 2.68. The molecule has 0 bridgehead atoms. The second kappa shape index (κ2) is 5.63. The molecule has 2 nitrogen and oxygen atoms in total. The van der Waals surface area contributed by atoms with Crippen LogP contribution in [-0.2, 0) is 19.4 Å². The van der Waals surface area contributed by atoms with E-state index >= 15 is 0 Å². The van der Waals surface area contributed by atoms with E-state index in [2.05, 4.69) is 29.6 Å². The van der Waals surface area contributed by atoms with Gasteiger partial charge in [0, 0.05) is 12.6 Å². The number of halogens is 1. The predicted octanol–water partition coefficient (Wildman–Crippen LogP) is 3.09. The highest BCUT2D eigenvalue weighted by Crippen LogP contribution is 2.22. The molecule has 3 heteroatoms. The average molecular weight is 271 g/mol. The summed E-state index contributed by atoms with van der Waals surface area (Å²) in [6.45, 7) is 0.680. The van der Waals surface area contributed by atoms with Gasteiger partial charge in [-0.1, -0.05) is 30.3 Å². The molecule has 0 aromatic heterocycles. The molecule has 0 saturated carbocycles. The standard InChI is InChI=1S/C17H18FNO/c1-20-17-7-6-12(8-16(17)18)11-19-15-9-13-4-2-3-5-14(13)10-15/h2-8,15,19H,9-11H2,1H3. The molecule has 104 valence electrons. The first-order valence-corrected chi connectivity index (χ1v) is 6.89. The number of benzene rings is 2. The maximum atomic E-state index is 13.6. The third-order valence-electron chi connectivity index (χ3n) is 3.86. The van der Waals surface area contributed by atoms with Gasteiger partial charge in [0.05, 0.1) is 7.11 Å². The first kappa shape index (κ1) is 13.1. The van der Waals surface area contributed by atoms with Crippen LogP contribution in [0, 0.1) is 5.82 Å². The van der Waals surface area contributed by atoms with E-state index < -0.39 is 0 Å². The Morgan fingerprint density at radius 3 is 2.45 bits per heavy atom. The SMILES string of the molecule is COc1ccc(CNC2Cc3ccccc3C2)cc1F. The third-order valence-corrected chi connectivity index (χ3v) is 3.86. The Balaban J connectivity index is 1.60. The highest BCUT2D eigenvalue weighted by atomic mass is 19.1. The van der Waals surface area contributed by atoms with Gasteiger partial charge in [-0.15, -0.1) is 0 Å². The maximum Gasteiger partial charge on any atom is 0.165 e. The van der Waals surface area contributed by atoms with Gasteiger partial charge in [-0.2, -0.15) is 0 Å². The Morgan fingerprint density at radius 2 is 1.85 bits per heavy atom. The topological polar surface area (TPSA) is 21.3 Å². The Kier molecular flexibility index (Phi) is 3.70. The summed E-state index contributed by atoms with van der Waals surface area (Å²) < 4.78 is 18.5. The second-order valence-electron chi connectivity index (χ2n) is 5.22. The van der Waals surface area contributed by atoms with Gasteiger partial charge >= 0.3 is 0 Å². The van der Waals surface area contributed by atoms with Crippen LogP contribution in [0.1, 0.15) is 16.7 Å². The first-order valence-electron chi connectivity index (χ1n) is 6.89. The zero-order chi connectivity index (χ0) is 13.9. The Bertz CT molecular complexity index is 587. The molecule has 20 heavy (non-hydrogen) atoms. The van der Waals surface area contributed by atoms with Crippen LogP contribution in [0.3, 0.4) is 0 Å². The minimum atomic E-state index is -0.304. The van der Waals surface area contributed by atoms with Crippen molar-refractivity contribution in [2.75, 3.05) is 7.11 Å². The molecule has 3 rings (SSSR count). The van der Waals surface area contributed by atoms with E-state index in [0.717, 1.165) is 18.4 Å². The zero-order valence-electron chi connectivity index (χ0n) is 11.5. The van der Waals surface area contributed by atoms with Crippen molar-refractivity contribution in [2.45, 2.75) is 25.4 Å². The fraction of sp³-hybridized carbons (Fsp3) is 0.294. The number of hydrogen-bond donors (Lipinski definition) is 1. The van der Waals surface area contributed by atoms with Gasteiger partial charge in [-0.25, -0.2) is 4.39 Å². The quantitative estimate of drug-likeness (QED) is 0.922. The second-order valence-corrected chi connectivity index (χ2v) is 5.22. The van der Waals surface area contributed by atoms with Gasteiger partial charge < -0.3 is 10.1 Å². The van der Waals surface area contributed by atoms with Crippen LogP contribution < -0.4 is 10.1 Å². The van der Waals surface area contributed by atoms with Crippen molar-refractivity contribution in [3.63, 3.8) is 0 Å². The lowest BCUT2D eigenvalue weighted by molar-refractivity contribution is 0.386. The number of rotatable bonds is 4. The zero-order valence-corrected chi connectivity index (χ0v) is 11.5. The lowest BCUT2D eigenvalue weighted by atomic mass is 10.1. The smallest absolute Gasteiger partial charge is 0.165 e. The molecule has 2 aromatic carbocycles. The van der Waals surface area contributed by atoms with E-state index in [0.29, 0.717) is 18.3 Å². The molecule has 0 fully saturated rings. The summed E-state index contributed by atoms with van der Waals surface area (Å²) in [5.41, 5.74) is 3.79. The van der Waals surface area contributed by atoms with Crippen molar-refractivity contribution in [1.29, 1.82) is 0 Å². The Morgan fingerprint density at radius 1 is 1.15 bits per heavy atom. The summed E-state index contributed by atoms with van der Waals surface area (Å²) in [4.78, 5) is 0. The summed E-state index contributed by atoms with van der Waals surface area (Å²) in [6, 6.07) is 14.1. The summed E-state index contributed by atoms with van der Waals surface area (Å²) in [5, 5.41) is 3.50. The average Bonchev–Trinajstić information content (AvgIpc) is 2.88. The first-order chi connectivity index (χ1) is 9.76. The molecule has 0 aliphatic heterocycles. The monoisotopic (exact) mass is 271 g/mol. The molecule has 1 aliphatic carbocycles. The van der Waals surface area contributed by atoms with Crippen molar-refractivity contribution >= 4 is 0 Å². The summed E-state index contributed by atoms with van der Waals surface area (Å²) in [5.74, 6) is -0.0106. The predicted molar refractivity (Wildman–Crippen MR) is 77.4 cm³/mol. The van der Waals surface area contributed by atoms with E-state index in [1.54, 1.807) is 6.07 Å². The number of nitrogens with one attached hydrogen (secondary N) is 1. The Hall–Kier alpha value is -1.87. The minimum absolute atomic E-state index is 0.294. The minimum Gasteiger partial charge on any atom is -0.494 e. The molecule has 1 N–H and O–H groups in total. The fourth-order valence-electron chi connectivity index (χ4n) is 2.79. The van der Waals surface area contributed by atoms with Crippen molar-refractivity contribution in [2.24, 2.45) is 0 Å². The molecule has 0 saturated heterocycles. The molecule has 0 amide bonds. The molecule has 0 radical (unpaired) electrons. The van der Waals surface area contributed by atoms with Gasteiger partial charge in [0.25, 0.3) is 0 Å². The van der Waals surface area contributed by atoms with E-state index in [4.69, 9.17) is 4.74 Å². The van der Waals surface area contributed by atoms with Crippen molar-refractivity contribution in [3.05, 3.63) is 65.0 Å². The van der Waals surface area contributed by atoms with Gasteiger partial charge in [0.15, 0.2) is 11.6 Å². The normalized spacial score (nSPS) is 14.3. The van der Waals surface area contributed by atoms with Crippen LogP contribution in [0.25, 0.3) is 0 Å². The number of fused-ring (bicyclic) bond motifs is 1. The van der Waals surface area contributed by atoms with E-state index in [1.165, 1.54) is 24.3 Å². The number of methoxy groups -OCH3 is 1. The molecule has 0 spiro atoms. The molecular weight excluding hydrogens is 253 g/mol. The molecule has 1 aliphatic rings. The number of hydrogen-bond acceptors (Lipinski definition) is 2. The molecular formula is C17H18FNO. The van der Waals surface area contributed by atoms with Crippen molar-refractivity contribution in [1.82, 2.24) is 5.32 Å². The lowest BCUT2D eigenvalue weighted by Gasteiger charge is -2.12. The van der Waals surface area contributed by atoms with E-state index in [1.807, 2.05) is 6.07 Å². The van der Waals surface area contributed by atoms with Gasteiger partial charge in [-0.3, -0.25) is 0 Å². The fourth-order valence-corrected chi connectivity index (χ4v) is 2.79. The van der Waals surface area contributed by atoms with Crippen LogP contribution in [0.4, 0.5) is 4.39 Å². The molecule has 0 heterocycles. The van der Waals surface area contributed by atoms with E-state index in [9.17, 15) is 4.39 Å². The van der Waals surface area contributed by atoms with Crippen LogP contribution in [0.5, 0.6) is 5.75 Å². The van der Waals surface area contributed by atoms with Crippen LogP contribution in [0.15, 0.2) is 42.5 Å². The van der Waals surface area contributed by atoms with Crippen molar-refractivity contribution in [3.8, 4) is 5.75 Å². The van der Waals surface area contributed by atoms with Crippen LogP contribution in [0.2, 0.25) is 0 Å². The highest BCUT2D eigenvalue weighted by molar-refractivity contribution is 5.33. The van der Waals surface area contributed by atoms with Crippen molar-refractivity contribution < 1.29 is 9.13 Å². The van der Waals surface area contributed by atoms with Gasteiger partial charge in [-0.05, 0) is 41.7 Å². The molecule has 2 aromatic rings. The maximum absolute atomic E-state index is 13.6. The summed E-state index contributed by atoms with van der Waals surface area (Å²) in [6.07, 6.45) is 2.10. The molecule has 0 unspecified atom stereocenters.